The molecule has 5 nitrogen and oxygen atoms in total. The summed E-state index contributed by atoms with van der Waals surface area (Å²) in [7, 11) is -3.07. The third kappa shape index (κ3) is 4.73. The van der Waals surface area contributed by atoms with Crippen molar-refractivity contribution < 1.29 is 13.2 Å². The maximum absolute atomic E-state index is 13.1. The van der Waals surface area contributed by atoms with Gasteiger partial charge in [0.05, 0.1) is 11.5 Å². The number of carbonyl (C=O) groups is 1. The molecule has 0 unspecified atom stereocenters. The summed E-state index contributed by atoms with van der Waals surface area (Å²) in [5.41, 5.74) is 2.74. The van der Waals surface area contributed by atoms with E-state index in [1.54, 1.807) is 17.0 Å². The number of sulfone groups is 1. The molecule has 6 heteroatoms. The van der Waals surface area contributed by atoms with Gasteiger partial charge in [-0.15, -0.1) is 0 Å². The molecule has 0 aromatic heterocycles. The molecular formula is C22H28N2O3S. The lowest BCUT2D eigenvalue weighted by Crippen LogP contribution is -2.40. The van der Waals surface area contributed by atoms with Crippen LogP contribution in [-0.4, -0.2) is 49.9 Å². The Morgan fingerprint density at radius 2 is 1.64 bits per heavy atom. The van der Waals surface area contributed by atoms with E-state index in [0.717, 1.165) is 24.3 Å². The Bertz CT molecular complexity index is 891. The average molecular weight is 401 g/mol. The molecule has 1 saturated heterocycles. The van der Waals surface area contributed by atoms with Gasteiger partial charge in [-0.1, -0.05) is 30.3 Å². The fourth-order valence-corrected chi connectivity index (χ4v) is 5.46. The van der Waals surface area contributed by atoms with Gasteiger partial charge < -0.3 is 9.80 Å². The smallest absolute Gasteiger partial charge is 0.254 e. The average Bonchev–Trinajstić information content (AvgIpc) is 3.08. The van der Waals surface area contributed by atoms with Crippen LogP contribution >= 0.6 is 0 Å². The number of hydrogen-bond donors (Lipinski definition) is 0. The molecule has 150 valence electrons. The first-order valence-corrected chi connectivity index (χ1v) is 11.7. The summed E-state index contributed by atoms with van der Waals surface area (Å²) >= 11 is 0. The number of nitrogens with zero attached hydrogens (tertiary/aromatic N) is 2. The summed E-state index contributed by atoms with van der Waals surface area (Å²) in [6.45, 7) is 6.53. The molecule has 1 aliphatic rings. The van der Waals surface area contributed by atoms with Gasteiger partial charge in [-0.3, -0.25) is 4.79 Å². The SMILES string of the molecule is CCN(CC)c1ccc(CN(C(=O)c2ccccc2)[C@@H]2CCS(=O)(=O)C2)cc1. The van der Waals surface area contributed by atoms with Crippen LogP contribution in [0.3, 0.4) is 0 Å². The Morgan fingerprint density at radius 1 is 1.00 bits per heavy atom. The Balaban J connectivity index is 1.84. The number of benzene rings is 2. The first-order valence-electron chi connectivity index (χ1n) is 9.84. The van der Waals surface area contributed by atoms with Crippen LogP contribution in [0.5, 0.6) is 0 Å². The maximum atomic E-state index is 13.1. The summed E-state index contributed by atoms with van der Waals surface area (Å²) in [4.78, 5) is 17.1. The zero-order chi connectivity index (χ0) is 20.1. The third-order valence-electron chi connectivity index (χ3n) is 5.35. The molecular weight excluding hydrogens is 372 g/mol. The largest absolute Gasteiger partial charge is 0.372 e. The molecule has 0 spiro atoms. The van der Waals surface area contributed by atoms with Crippen molar-refractivity contribution in [2.75, 3.05) is 29.5 Å². The van der Waals surface area contributed by atoms with Crippen molar-refractivity contribution in [2.45, 2.75) is 32.9 Å². The minimum Gasteiger partial charge on any atom is -0.372 e. The lowest BCUT2D eigenvalue weighted by molar-refractivity contribution is 0.0681. The van der Waals surface area contributed by atoms with Crippen LogP contribution in [0.15, 0.2) is 54.6 Å². The lowest BCUT2D eigenvalue weighted by atomic mass is 10.1. The van der Waals surface area contributed by atoms with Gasteiger partial charge >= 0.3 is 0 Å². The topological polar surface area (TPSA) is 57.7 Å². The highest BCUT2D eigenvalue weighted by Gasteiger charge is 2.35. The first kappa shape index (κ1) is 20.4. The molecule has 0 bridgehead atoms. The second kappa shape index (κ2) is 8.78. The van der Waals surface area contributed by atoms with Gasteiger partial charge in [-0.25, -0.2) is 8.42 Å². The molecule has 0 saturated carbocycles. The van der Waals surface area contributed by atoms with Crippen molar-refractivity contribution in [3.05, 3.63) is 65.7 Å². The Labute approximate surface area is 167 Å². The summed E-state index contributed by atoms with van der Waals surface area (Å²) in [6.07, 6.45) is 0.498. The number of anilines is 1. The molecule has 1 aliphatic heterocycles. The standard InChI is InChI=1S/C22H28N2O3S/c1-3-23(4-2)20-12-10-18(11-13-20)16-24(21-14-15-28(26,27)17-21)22(25)19-8-6-5-7-9-19/h5-13,21H,3-4,14-17H2,1-2H3/t21-/m1/s1. The van der Waals surface area contributed by atoms with Crippen LogP contribution < -0.4 is 4.90 Å². The van der Waals surface area contributed by atoms with Gasteiger partial charge in [0, 0.05) is 36.9 Å². The molecule has 1 atom stereocenters. The van der Waals surface area contributed by atoms with E-state index in [4.69, 9.17) is 0 Å². The van der Waals surface area contributed by atoms with Crippen LogP contribution in [0, 0.1) is 0 Å². The third-order valence-corrected chi connectivity index (χ3v) is 7.10. The molecule has 1 fully saturated rings. The van der Waals surface area contributed by atoms with Gasteiger partial charge in [-0.2, -0.15) is 0 Å². The normalized spacial score (nSPS) is 18.0. The van der Waals surface area contributed by atoms with E-state index in [2.05, 4.69) is 30.9 Å². The minimum absolute atomic E-state index is 0.0447. The van der Waals surface area contributed by atoms with Crippen molar-refractivity contribution in [3.8, 4) is 0 Å². The molecule has 1 amide bonds. The fraction of sp³-hybridized carbons (Fsp3) is 0.409. The van der Waals surface area contributed by atoms with Crippen LogP contribution in [-0.2, 0) is 16.4 Å². The van der Waals surface area contributed by atoms with Crippen molar-refractivity contribution in [3.63, 3.8) is 0 Å². The second-order valence-corrected chi connectivity index (χ2v) is 9.42. The predicted octanol–water partition coefficient (Wildman–Crippen LogP) is 3.36. The molecule has 2 aromatic rings. The maximum Gasteiger partial charge on any atom is 0.254 e. The number of hydrogen-bond acceptors (Lipinski definition) is 4. The number of carbonyl (C=O) groups excluding carboxylic acids is 1. The van der Waals surface area contributed by atoms with E-state index in [0.29, 0.717) is 18.5 Å². The monoisotopic (exact) mass is 400 g/mol. The number of rotatable bonds is 7. The number of amides is 1. The van der Waals surface area contributed by atoms with E-state index in [-0.39, 0.29) is 23.5 Å². The van der Waals surface area contributed by atoms with Gasteiger partial charge in [0.1, 0.15) is 0 Å². The second-order valence-electron chi connectivity index (χ2n) is 7.19. The molecule has 1 heterocycles. The Morgan fingerprint density at radius 3 is 2.18 bits per heavy atom. The minimum atomic E-state index is -3.07. The van der Waals surface area contributed by atoms with Crippen molar-refractivity contribution in [2.24, 2.45) is 0 Å². The lowest BCUT2D eigenvalue weighted by Gasteiger charge is -2.29. The van der Waals surface area contributed by atoms with Crippen molar-refractivity contribution in [1.82, 2.24) is 4.90 Å². The summed E-state index contributed by atoms with van der Waals surface area (Å²) in [6, 6.07) is 17.0. The summed E-state index contributed by atoms with van der Waals surface area (Å²) in [5.74, 6) is 0.0794. The summed E-state index contributed by atoms with van der Waals surface area (Å²) < 4.78 is 24.0. The zero-order valence-electron chi connectivity index (χ0n) is 16.5. The van der Waals surface area contributed by atoms with E-state index in [1.807, 2.05) is 30.3 Å². The van der Waals surface area contributed by atoms with Gasteiger partial charge in [-0.05, 0) is 50.1 Å². The highest BCUT2D eigenvalue weighted by Crippen LogP contribution is 2.23. The molecule has 28 heavy (non-hydrogen) atoms. The van der Waals surface area contributed by atoms with Gasteiger partial charge in [0.15, 0.2) is 9.84 Å². The zero-order valence-corrected chi connectivity index (χ0v) is 17.4. The van der Waals surface area contributed by atoms with E-state index in [1.165, 1.54) is 0 Å². The first-order chi connectivity index (χ1) is 13.4. The molecule has 0 N–H and O–H groups in total. The molecule has 3 rings (SSSR count). The highest BCUT2D eigenvalue weighted by atomic mass is 32.2. The molecule has 0 aliphatic carbocycles. The predicted molar refractivity (Wildman–Crippen MR) is 113 cm³/mol. The fourth-order valence-electron chi connectivity index (χ4n) is 3.73. The van der Waals surface area contributed by atoms with Crippen molar-refractivity contribution in [1.29, 1.82) is 0 Å². The van der Waals surface area contributed by atoms with Crippen molar-refractivity contribution >= 4 is 21.4 Å². The van der Waals surface area contributed by atoms with Crippen LogP contribution in [0.2, 0.25) is 0 Å². The Hall–Kier alpha value is -2.34. The van der Waals surface area contributed by atoms with Gasteiger partial charge in [0.25, 0.3) is 5.91 Å². The highest BCUT2D eigenvalue weighted by molar-refractivity contribution is 7.91. The van der Waals surface area contributed by atoms with E-state index < -0.39 is 9.84 Å². The Kier molecular flexibility index (Phi) is 6.39. The molecule has 0 radical (unpaired) electrons. The summed E-state index contributed by atoms with van der Waals surface area (Å²) in [5, 5.41) is 0. The van der Waals surface area contributed by atoms with Crippen LogP contribution in [0.4, 0.5) is 5.69 Å². The molecule has 2 aromatic carbocycles. The van der Waals surface area contributed by atoms with Crippen LogP contribution in [0.25, 0.3) is 0 Å². The van der Waals surface area contributed by atoms with Crippen LogP contribution in [0.1, 0.15) is 36.2 Å². The quantitative estimate of drug-likeness (QED) is 0.715. The van der Waals surface area contributed by atoms with E-state index in [9.17, 15) is 13.2 Å². The van der Waals surface area contributed by atoms with E-state index >= 15 is 0 Å². The van der Waals surface area contributed by atoms with Gasteiger partial charge in [0.2, 0.25) is 0 Å².